The first kappa shape index (κ1) is 25.3. The molecule has 182 valence electrons. The maximum Gasteiger partial charge on any atom is 0.573 e. The Bertz CT molecular complexity index is 1190. The van der Waals surface area contributed by atoms with Crippen molar-refractivity contribution < 1.29 is 49.0 Å². The summed E-state index contributed by atoms with van der Waals surface area (Å²) in [5.41, 5.74) is -4.33. The molecule has 0 aromatic heterocycles. The van der Waals surface area contributed by atoms with Gasteiger partial charge in [-0.15, -0.1) is 13.2 Å². The van der Waals surface area contributed by atoms with Gasteiger partial charge in [0.25, 0.3) is 0 Å². The number of aryl methyl sites for hydroxylation is 1. The van der Waals surface area contributed by atoms with Gasteiger partial charge >= 0.3 is 18.7 Å². The zero-order valence-electron chi connectivity index (χ0n) is 17.4. The summed E-state index contributed by atoms with van der Waals surface area (Å²) in [4.78, 5) is 0. The van der Waals surface area contributed by atoms with Gasteiger partial charge in [-0.05, 0) is 59.5 Å². The molecule has 0 fully saturated rings. The summed E-state index contributed by atoms with van der Waals surface area (Å²) in [6.07, 6.45) is -15.0. The normalized spacial score (nSPS) is 12.6. The Balaban J connectivity index is 2.33. The van der Waals surface area contributed by atoms with Gasteiger partial charge < -0.3 is 9.47 Å². The maximum absolute atomic E-state index is 14.1. The van der Waals surface area contributed by atoms with Gasteiger partial charge in [0.05, 0.1) is 18.2 Å². The van der Waals surface area contributed by atoms with Gasteiger partial charge in [0.15, 0.2) is 0 Å². The topological polar surface area (TPSA) is 18.5 Å². The molecule has 0 radical (unpaired) electrons. The van der Waals surface area contributed by atoms with Gasteiger partial charge in [0, 0.05) is 5.56 Å². The largest absolute Gasteiger partial charge is 0.573 e. The van der Waals surface area contributed by atoms with E-state index in [1.54, 1.807) is 0 Å². The number of ether oxygens (including phenoxy) is 2. The monoisotopic (exact) mass is 494 g/mol. The van der Waals surface area contributed by atoms with Gasteiger partial charge in [0.2, 0.25) is 0 Å². The number of benzene rings is 3. The third-order valence-electron chi connectivity index (χ3n) is 4.85. The van der Waals surface area contributed by atoms with E-state index >= 15 is 0 Å². The van der Waals surface area contributed by atoms with Gasteiger partial charge in [-0.1, -0.05) is 24.3 Å². The average molecular weight is 494 g/mol. The van der Waals surface area contributed by atoms with Crippen LogP contribution in [0.25, 0.3) is 22.3 Å². The van der Waals surface area contributed by atoms with Crippen molar-refractivity contribution >= 4 is 0 Å². The summed E-state index contributed by atoms with van der Waals surface area (Å²) < 4.78 is 130. The van der Waals surface area contributed by atoms with E-state index in [-0.39, 0.29) is 11.1 Å². The van der Waals surface area contributed by atoms with Crippen LogP contribution in [0.3, 0.4) is 0 Å². The van der Waals surface area contributed by atoms with E-state index in [0.717, 1.165) is 49.6 Å². The van der Waals surface area contributed by atoms with Crippen molar-refractivity contribution in [3.8, 4) is 33.8 Å². The van der Waals surface area contributed by atoms with Crippen molar-refractivity contribution in [1.82, 2.24) is 0 Å². The van der Waals surface area contributed by atoms with Gasteiger partial charge in [0.1, 0.15) is 11.5 Å². The Morgan fingerprint density at radius 2 is 1.26 bits per heavy atom. The lowest BCUT2D eigenvalue weighted by atomic mass is 9.89. The van der Waals surface area contributed by atoms with Crippen LogP contribution in [0.4, 0.5) is 39.5 Å². The number of halogens is 9. The van der Waals surface area contributed by atoms with E-state index in [9.17, 15) is 39.5 Å². The third kappa shape index (κ3) is 5.40. The van der Waals surface area contributed by atoms with E-state index in [1.165, 1.54) is 13.0 Å². The summed E-state index contributed by atoms with van der Waals surface area (Å²) >= 11 is 0. The van der Waals surface area contributed by atoms with Gasteiger partial charge in [-0.25, -0.2) is 0 Å². The van der Waals surface area contributed by atoms with Crippen molar-refractivity contribution in [3.63, 3.8) is 0 Å². The predicted octanol–water partition coefficient (Wildman–Crippen LogP) is 8.27. The fourth-order valence-corrected chi connectivity index (χ4v) is 3.58. The molecular weight excluding hydrogens is 479 g/mol. The van der Waals surface area contributed by atoms with E-state index in [4.69, 9.17) is 4.74 Å². The maximum atomic E-state index is 14.1. The molecule has 0 spiro atoms. The highest BCUT2D eigenvalue weighted by atomic mass is 19.4. The molecule has 0 bridgehead atoms. The Morgan fingerprint density at radius 1 is 0.647 bits per heavy atom. The van der Waals surface area contributed by atoms with E-state index in [2.05, 4.69) is 4.74 Å². The third-order valence-corrected chi connectivity index (χ3v) is 4.85. The second kappa shape index (κ2) is 8.77. The lowest BCUT2D eigenvalue weighted by Gasteiger charge is -2.21. The summed E-state index contributed by atoms with van der Waals surface area (Å²) in [7, 11) is 1.00. The van der Waals surface area contributed by atoms with Crippen LogP contribution in [0.2, 0.25) is 0 Å². The number of rotatable bonds is 4. The molecule has 0 saturated heterocycles. The molecule has 0 heterocycles. The lowest BCUT2D eigenvalue weighted by Crippen LogP contribution is -2.17. The zero-order valence-corrected chi connectivity index (χ0v) is 17.4. The molecule has 0 aliphatic rings. The molecule has 3 aromatic carbocycles. The molecular formula is C23H15F9O2. The average Bonchev–Trinajstić information content (AvgIpc) is 2.70. The van der Waals surface area contributed by atoms with Crippen molar-refractivity contribution in [2.75, 3.05) is 7.11 Å². The molecule has 0 amide bonds. The number of alkyl halides is 9. The molecule has 11 heteroatoms. The van der Waals surface area contributed by atoms with Crippen LogP contribution in [-0.4, -0.2) is 13.5 Å². The van der Waals surface area contributed by atoms with Crippen molar-refractivity contribution in [3.05, 3.63) is 71.3 Å². The molecule has 0 aliphatic carbocycles. The fraction of sp³-hybridized carbons (Fsp3) is 0.217. The van der Waals surface area contributed by atoms with Crippen LogP contribution in [0, 0.1) is 6.92 Å². The van der Waals surface area contributed by atoms with Crippen molar-refractivity contribution in [1.29, 1.82) is 0 Å². The van der Waals surface area contributed by atoms with Crippen molar-refractivity contribution in [2.45, 2.75) is 25.6 Å². The van der Waals surface area contributed by atoms with E-state index < -0.39 is 58.0 Å². The van der Waals surface area contributed by atoms with Gasteiger partial charge in [-0.3, -0.25) is 0 Å². The summed E-state index contributed by atoms with van der Waals surface area (Å²) in [5, 5.41) is 0. The summed E-state index contributed by atoms with van der Waals surface area (Å²) in [6.45, 7) is 1.32. The lowest BCUT2D eigenvalue weighted by molar-refractivity contribution is -0.274. The summed E-state index contributed by atoms with van der Waals surface area (Å²) in [6, 6.07) is 8.47. The fourth-order valence-electron chi connectivity index (χ4n) is 3.58. The Hall–Kier alpha value is -3.37. The molecule has 3 rings (SSSR count). The first-order chi connectivity index (χ1) is 15.6. The minimum absolute atomic E-state index is 0.0679. The van der Waals surface area contributed by atoms with Crippen LogP contribution in [-0.2, 0) is 12.4 Å². The van der Waals surface area contributed by atoms with Crippen molar-refractivity contribution in [2.24, 2.45) is 0 Å². The van der Waals surface area contributed by atoms with Crippen LogP contribution in [0.5, 0.6) is 11.5 Å². The van der Waals surface area contributed by atoms with Gasteiger partial charge in [-0.2, -0.15) is 26.3 Å². The smallest absolute Gasteiger partial charge is 0.496 e. The van der Waals surface area contributed by atoms with Crippen LogP contribution < -0.4 is 9.47 Å². The molecule has 0 atom stereocenters. The first-order valence-electron chi connectivity index (χ1n) is 9.44. The molecule has 0 N–H and O–H groups in total. The Morgan fingerprint density at radius 3 is 1.82 bits per heavy atom. The minimum atomic E-state index is -5.09. The number of hydrogen-bond donors (Lipinski definition) is 0. The second-order valence-corrected chi connectivity index (χ2v) is 7.17. The first-order valence-corrected chi connectivity index (χ1v) is 9.44. The second-order valence-electron chi connectivity index (χ2n) is 7.17. The standard InChI is InChI=1S/C23H15F9O2/c1-12-5-3-8-16(21(24,25)26)19(12)14-10-17(22(27,28)29)20(18(11-14)33-2)13-6-4-7-15(9-13)34-23(30,31)32/h3-11H,1-2H3. The minimum Gasteiger partial charge on any atom is -0.496 e. The van der Waals surface area contributed by atoms with E-state index in [0.29, 0.717) is 6.07 Å². The molecule has 0 unspecified atom stereocenters. The highest BCUT2D eigenvalue weighted by Crippen LogP contribution is 2.47. The SMILES string of the molecule is COc1cc(-c2c(C)cccc2C(F)(F)F)cc(C(F)(F)F)c1-c1cccc(OC(F)(F)F)c1. The quantitative estimate of drug-likeness (QED) is 0.340. The molecule has 2 nitrogen and oxygen atoms in total. The molecule has 3 aromatic rings. The highest BCUT2D eigenvalue weighted by Gasteiger charge is 2.39. The molecule has 0 aliphatic heterocycles. The predicted molar refractivity (Wildman–Crippen MR) is 105 cm³/mol. The number of hydrogen-bond acceptors (Lipinski definition) is 2. The molecule has 0 saturated carbocycles. The summed E-state index contributed by atoms with van der Waals surface area (Å²) in [5.74, 6) is -1.26. The Kier molecular flexibility index (Phi) is 6.51. The highest BCUT2D eigenvalue weighted by molar-refractivity contribution is 5.82. The van der Waals surface area contributed by atoms with Crippen LogP contribution >= 0.6 is 0 Å². The number of methoxy groups -OCH3 is 1. The van der Waals surface area contributed by atoms with Crippen LogP contribution in [0.1, 0.15) is 16.7 Å². The van der Waals surface area contributed by atoms with E-state index in [1.807, 2.05) is 0 Å². The zero-order chi connectivity index (χ0) is 25.5. The Labute approximate surface area is 187 Å². The molecule has 34 heavy (non-hydrogen) atoms. The van der Waals surface area contributed by atoms with Crippen LogP contribution in [0.15, 0.2) is 54.6 Å².